The molecule has 0 bridgehead atoms. The summed E-state index contributed by atoms with van der Waals surface area (Å²) >= 11 is 0. The van der Waals surface area contributed by atoms with Crippen molar-refractivity contribution in [3.63, 3.8) is 0 Å². The molecule has 1 heterocycles. The lowest BCUT2D eigenvalue weighted by Crippen LogP contribution is -2.19. The predicted molar refractivity (Wildman–Crippen MR) is 54.4 cm³/mol. The maximum atomic E-state index is 11.2. The zero-order chi connectivity index (χ0) is 10.8. The lowest BCUT2D eigenvalue weighted by Gasteiger charge is -2.24. The highest BCUT2D eigenvalue weighted by Crippen LogP contribution is 2.35. The number of carbonyl (C=O) groups is 1. The number of aryl methyl sites for hydroxylation is 1. The van der Waals surface area contributed by atoms with E-state index in [0.29, 0.717) is 17.5 Å². The number of rotatable bonds is 2. The van der Waals surface area contributed by atoms with Crippen molar-refractivity contribution >= 4 is 5.78 Å². The molecule has 1 saturated carbocycles. The monoisotopic (exact) mass is 208 g/mol. The van der Waals surface area contributed by atoms with Crippen LogP contribution in [0.3, 0.4) is 0 Å². The second-order valence-corrected chi connectivity index (χ2v) is 4.34. The molecule has 0 aliphatic heterocycles. The normalized spacial score (nSPS) is 26.5. The summed E-state index contributed by atoms with van der Waals surface area (Å²) in [6.45, 7) is 3.51. The Morgan fingerprint density at radius 3 is 2.47 bits per heavy atom. The number of carbonyl (C=O) groups excluding carboxylic acids is 1. The van der Waals surface area contributed by atoms with Crippen LogP contribution in [0, 0.1) is 12.8 Å². The molecular formula is C11H16N2O2. The van der Waals surface area contributed by atoms with Gasteiger partial charge in [0.25, 0.3) is 0 Å². The van der Waals surface area contributed by atoms with Crippen LogP contribution in [0.1, 0.15) is 50.2 Å². The van der Waals surface area contributed by atoms with Gasteiger partial charge in [0.1, 0.15) is 5.78 Å². The van der Waals surface area contributed by atoms with E-state index in [4.69, 9.17) is 4.52 Å². The number of hydrogen-bond donors (Lipinski definition) is 0. The predicted octanol–water partition coefficient (Wildman–Crippen LogP) is 2.24. The molecule has 1 aromatic rings. The van der Waals surface area contributed by atoms with Gasteiger partial charge >= 0.3 is 0 Å². The van der Waals surface area contributed by atoms with E-state index in [-0.39, 0.29) is 5.92 Å². The van der Waals surface area contributed by atoms with Gasteiger partial charge in [0.05, 0.1) is 0 Å². The molecule has 0 amide bonds. The van der Waals surface area contributed by atoms with Crippen molar-refractivity contribution in [3.05, 3.63) is 11.7 Å². The van der Waals surface area contributed by atoms with E-state index in [1.165, 1.54) is 0 Å². The maximum absolute atomic E-state index is 11.2. The minimum absolute atomic E-state index is 0.255. The Balaban J connectivity index is 1.96. The van der Waals surface area contributed by atoms with Gasteiger partial charge < -0.3 is 4.52 Å². The molecule has 2 rings (SSSR count). The van der Waals surface area contributed by atoms with Crippen molar-refractivity contribution in [1.29, 1.82) is 0 Å². The van der Waals surface area contributed by atoms with Crippen molar-refractivity contribution in [1.82, 2.24) is 10.1 Å². The van der Waals surface area contributed by atoms with Crippen molar-refractivity contribution in [2.75, 3.05) is 0 Å². The highest BCUT2D eigenvalue weighted by atomic mass is 16.5. The van der Waals surface area contributed by atoms with Gasteiger partial charge in [-0.15, -0.1) is 0 Å². The molecule has 0 saturated heterocycles. The molecule has 0 unspecified atom stereocenters. The van der Waals surface area contributed by atoms with Gasteiger partial charge in [-0.2, -0.15) is 4.98 Å². The fourth-order valence-electron chi connectivity index (χ4n) is 2.23. The van der Waals surface area contributed by atoms with E-state index in [1.807, 2.05) is 6.92 Å². The van der Waals surface area contributed by atoms with Crippen LogP contribution >= 0.6 is 0 Å². The Morgan fingerprint density at radius 1 is 1.33 bits per heavy atom. The molecule has 4 heteroatoms. The summed E-state index contributed by atoms with van der Waals surface area (Å²) in [7, 11) is 0. The fraction of sp³-hybridized carbons (Fsp3) is 0.727. The van der Waals surface area contributed by atoms with Crippen LogP contribution in [0.4, 0.5) is 0 Å². The summed E-state index contributed by atoms with van der Waals surface area (Å²) in [6.07, 6.45) is 3.90. The van der Waals surface area contributed by atoms with Gasteiger partial charge in [0, 0.05) is 11.8 Å². The molecule has 15 heavy (non-hydrogen) atoms. The Labute approximate surface area is 89.1 Å². The van der Waals surface area contributed by atoms with Gasteiger partial charge in [-0.25, -0.2) is 0 Å². The highest BCUT2D eigenvalue weighted by Gasteiger charge is 2.27. The average Bonchev–Trinajstić information content (AvgIpc) is 2.65. The first kappa shape index (κ1) is 10.3. The number of ketones is 1. The molecule has 0 aromatic carbocycles. The third-order valence-corrected chi connectivity index (χ3v) is 3.19. The zero-order valence-electron chi connectivity index (χ0n) is 9.19. The second kappa shape index (κ2) is 4.13. The molecule has 1 aromatic heterocycles. The minimum atomic E-state index is 0.255. The smallest absolute Gasteiger partial charge is 0.229 e. The summed E-state index contributed by atoms with van der Waals surface area (Å²) in [5, 5.41) is 3.79. The number of hydrogen-bond acceptors (Lipinski definition) is 4. The number of nitrogens with zero attached hydrogens (tertiary/aromatic N) is 2. The highest BCUT2D eigenvalue weighted by molar-refractivity contribution is 5.78. The Hall–Kier alpha value is -1.19. The van der Waals surface area contributed by atoms with E-state index in [1.54, 1.807) is 6.92 Å². The van der Waals surface area contributed by atoms with Gasteiger partial charge in [0.15, 0.2) is 5.82 Å². The van der Waals surface area contributed by atoms with Crippen molar-refractivity contribution in [2.24, 2.45) is 5.92 Å². The van der Waals surface area contributed by atoms with Gasteiger partial charge in [-0.05, 0) is 39.5 Å². The molecule has 1 aliphatic carbocycles. The summed E-state index contributed by atoms with van der Waals surface area (Å²) in [4.78, 5) is 15.4. The average molecular weight is 208 g/mol. The van der Waals surface area contributed by atoms with Gasteiger partial charge in [-0.1, -0.05) is 5.16 Å². The van der Waals surface area contributed by atoms with Gasteiger partial charge in [0.2, 0.25) is 5.89 Å². The molecule has 1 fully saturated rings. The fourth-order valence-corrected chi connectivity index (χ4v) is 2.23. The van der Waals surface area contributed by atoms with Gasteiger partial charge in [-0.3, -0.25) is 4.79 Å². The first-order chi connectivity index (χ1) is 7.16. The summed E-state index contributed by atoms with van der Waals surface area (Å²) in [5.41, 5.74) is 0. The Morgan fingerprint density at radius 2 is 2.00 bits per heavy atom. The van der Waals surface area contributed by atoms with Crippen LogP contribution in [-0.4, -0.2) is 15.9 Å². The Bertz CT molecular complexity index is 351. The molecule has 0 atom stereocenters. The molecule has 4 nitrogen and oxygen atoms in total. The Kier molecular flexibility index (Phi) is 2.84. The van der Waals surface area contributed by atoms with Crippen molar-refractivity contribution < 1.29 is 9.32 Å². The molecule has 0 radical (unpaired) electrons. The largest absolute Gasteiger partial charge is 0.339 e. The van der Waals surface area contributed by atoms with E-state index < -0.39 is 0 Å². The molecule has 1 aliphatic rings. The third kappa shape index (κ3) is 2.25. The van der Waals surface area contributed by atoms with Crippen LogP contribution in [0.5, 0.6) is 0 Å². The van der Waals surface area contributed by atoms with Crippen LogP contribution < -0.4 is 0 Å². The SMILES string of the molecule is CC(=O)C1CCC(c2nc(C)no2)CC1. The van der Waals surface area contributed by atoms with Crippen molar-refractivity contribution in [2.45, 2.75) is 45.4 Å². The quantitative estimate of drug-likeness (QED) is 0.747. The lowest BCUT2D eigenvalue weighted by molar-refractivity contribution is -0.121. The molecular weight excluding hydrogens is 192 g/mol. The van der Waals surface area contributed by atoms with E-state index in [0.717, 1.165) is 31.6 Å². The third-order valence-electron chi connectivity index (χ3n) is 3.19. The summed E-state index contributed by atoms with van der Waals surface area (Å²) < 4.78 is 5.15. The first-order valence-electron chi connectivity index (χ1n) is 5.47. The summed E-state index contributed by atoms with van der Waals surface area (Å²) in [5.74, 6) is 2.37. The zero-order valence-corrected chi connectivity index (χ0v) is 9.19. The first-order valence-corrected chi connectivity index (χ1v) is 5.47. The van der Waals surface area contributed by atoms with Crippen molar-refractivity contribution in [3.8, 4) is 0 Å². The summed E-state index contributed by atoms with van der Waals surface area (Å²) in [6, 6.07) is 0. The van der Waals surface area contributed by atoms with E-state index >= 15 is 0 Å². The van der Waals surface area contributed by atoms with E-state index in [2.05, 4.69) is 10.1 Å². The van der Waals surface area contributed by atoms with Crippen LogP contribution in [0.15, 0.2) is 4.52 Å². The molecule has 0 spiro atoms. The van der Waals surface area contributed by atoms with E-state index in [9.17, 15) is 4.79 Å². The minimum Gasteiger partial charge on any atom is -0.339 e. The standard InChI is InChI=1S/C11H16N2O2/c1-7(14)9-3-5-10(6-4-9)11-12-8(2)13-15-11/h9-10H,3-6H2,1-2H3. The molecule has 82 valence electrons. The number of Topliss-reactive ketones (excluding diaryl/α,β-unsaturated/α-hetero) is 1. The molecule has 0 N–H and O–H groups in total. The topological polar surface area (TPSA) is 56.0 Å². The number of aromatic nitrogens is 2. The lowest BCUT2D eigenvalue weighted by atomic mass is 9.80. The second-order valence-electron chi connectivity index (χ2n) is 4.34. The van der Waals surface area contributed by atoms with Crippen LogP contribution in [0.25, 0.3) is 0 Å². The van der Waals surface area contributed by atoms with Crippen LogP contribution in [0.2, 0.25) is 0 Å². The maximum Gasteiger partial charge on any atom is 0.229 e. The van der Waals surface area contributed by atoms with Crippen LogP contribution in [-0.2, 0) is 4.79 Å².